The van der Waals surface area contributed by atoms with Crippen molar-refractivity contribution >= 4 is 5.82 Å². The van der Waals surface area contributed by atoms with E-state index in [1.807, 2.05) is 38.1 Å². The Kier molecular flexibility index (Phi) is 6.03. The lowest BCUT2D eigenvalue weighted by molar-refractivity contribution is 0.133. The molecule has 0 atom stereocenters. The number of anilines is 1. The summed E-state index contributed by atoms with van der Waals surface area (Å²) >= 11 is 0. The van der Waals surface area contributed by atoms with Gasteiger partial charge in [-0.1, -0.05) is 24.3 Å². The van der Waals surface area contributed by atoms with Crippen LogP contribution in [-0.2, 0) is 17.9 Å². The van der Waals surface area contributed by atoms with E-state index in [0.29, 0.717) is 19.8 Å². The number of rotatable bonds is 8. The molecule has 0 aliphatic heterocycles. The Bertz CT molecular complexity index is 558. The quantitative estimate of drug-likeness (QED) is 0.804. The highest BCUT2D eigenvalue weighted by Crippen LogP contribution is 2.22. The molecule has 1 aromatic heterocycles. The van der Waals surface area contributed by atoms with Gasteiger partial charge >= 0.3 is 0 Å². The number of pyridine rings is 1. The van der Waals surface area contributed by atoms with E-state index in [-0.39, 0.29) is 0 Å². The fourth-order valence-corrected chi connectivity index (χ4v) is 2.06. The van der Waals surface area contributed by atoms with E-state index in [9.17, 15) is 0 Å². The molecule has 0 saturated heterocycles. The van der Waals surface area contributed by atoms with E-state index < -0.39 is 0 Å². The highest BCUT2D eigenvalue weighted by Gasteiger charge is 2.06. The zero-order valence-electron chi connectivity index (χ0n) is 12.6. The Hall–Kier alpha value is -2.07. The number of ether oxygens (including phenoxy) is 2. The summed E-state index contributed by atoms with van der Waals surface area (Å²) in [6.07, 6.45) is 1.76. The van der Waals surface area contributed by atoms with Crippen molar-refractivity contribution in [2.75, 3.05) is 18.5 Å². The molecule has 0 unspecified atom stereocenters. The molecule has 0 spiro atoms. The maximum Gasteiger partial charge on any atom is 0.169 e. The third kappa shape index (κ3) is 4.46. The van der Waals surface area contributed by atoms with Gasteiger partial charge in [0.05, 0.1) is 13.2 Å². The first-order valence-electron chi connectivity index (χ1n) is 7.31. The second-order valence-corrected chi connectivity index (χ2v) is 4.54. The molecule has 0 saturated carbocycles. The third-order valence-corrected chi connectivity index (χ3v) is 3.10. The summed E-state index contributed by atoms with van der Waals surface area (Å²) in [5, 5.41) is 3.34. The average Bonchev–Trinajstić information content (AvgIpc) is 2.53. The molecule has 0 aliphatic carbocycles. The normalized spacial score (nSPS) is 10.4. The molecule has 4 heteroatoms. The van der Waals surface area contributed by atoms with Crippen LogP contribution in [0.4, 0.5) is 5.82 Å². The van der Waals surface area contributed by atoms with Crippen molar-refractivity contribution in [3.05, 3.63) is 53.7 Å². The average molecular weight is 286 g/mol. The van der Waals surface area contributed by atoms with Gasteiger partial charge in [-0.25, -0.2) is 4.98 Å². The molecule has 1 heterocycles. The lowest BCUT2D eigenvalue weighted by Gasteiger charge is -2.13. The minimum atomic E-state index is 0.626. The van der Waals surface area contributed by atoms with Gasteiger partial charge < -0.3 is 14.8 Å². The first-order valence-corrected chi connectivity index (χ1v) is 7.31. The van der Waals surface area contributed by atoms with Gasteiger partial charge in [0.15, 0.2) is 11.6 Å². The molecule has 1 N–H and O–H groups in total. The second kappa shape index (κ2) is 8.27. The van der Waals surface area contributed by atoms with Crippen LogP contribution in [-0.4, -0.2) is 18.2 Å². The monoisotopic (exact) mass is 286 g/mol. The maximum atomic E-state index is 5.57. The van der Waals surface area contributed by atoms with E-state index in [1.54, 1.807) is 6.20 Å². The maximum absolute atomic E-state index is 5.57. The molecule has 4 nitrogen and oxygen atoms in total. The van der Waals surface area contributed by atoms with Crippen molar-refractivity contribution in [1.82, 2.24) is 4.98 Å². The van der Waals surface area contributed by atoms with Gasteiger partial charge in [-0.2, -0.15) is 0 Å². The standard InChI is InChI=1S/C17H22N2O2/c1-3-20-13-15-9-6-5-8-14(15)12-19-17-16(21-4-2)10-7-11-18-17/h5-11H,3-4,12-13H2,1-2H3,(H,18,19). The zero-order valence-corrected chi connectivity index (χ0v) is 12.6. The van der Waals surface area contributed by atoms with Crippen LogP contribution in [0.3, 0.4) is 0 Å². The van der Waals surface area contributed by atoms with Crippen LogP contribution in [0.25, 0.3) is 0 Å². The zero-order chi connectivity index (χ0) is 14.9. The lowest BCUT2D eigenvalue weighted by Crippen LogP contribution is -2.07. The molecule has 21 heavy (non-hydrogen) atoms. The molecular weight excluding hydrogens is 264 g/mol. The van der Waals surface area contributed by atoms with Crippen LogP contribution in [0, 0.1) is 0 Å². The summed E-state index contributed by atoms with van der Waals surface area (Å²) in [6, 6.07) is 12.1. The molecule has 0 fully saturated rings. The topological polar surface area (TPSA) is 43.4 Å². The van der Waals surface area contributed by atoms with Gasteiger partial charge in [-0.3, -0.25) is 0 Å². The van der Waals surface area contributed by atoms with Crippen LogP contribution < -0.4 is 10.1 Å². The van der Waals surface area contributed by atoms with Crippen LogP contribution in [0.15, 0.2) is 42.6 Å². The Morgan fingerprint density at radius 1 is 1.00 bits per heavy atom. The first kappa shape index (κ1) is 15.3. The number of nitrogens with one attached hydrogen (secondary N) is 1. The van der Waals surface area contributed by atoms with E-state index in [0.717, 1.165) is 18.2 Å². The minimum absolute atomic E-state index is 0.626. The van der Waals surface area contributed by atoms with Gasteiger partial charge in [0.25, 0.3) is 0 Å². The van der Waals surface area contributed by atoms with Gasteiger partial charge in [0.1, 0.15) is 0 Å². The predicted octanol–water partition coefficient (Wildman–Crippen LogP) is 3.63. The van der Waals surface area contributed by atoms with Crippen molar-refractivity contribution in [2.45, 2.75) is 27.0 Å². The highest BCUT2D eigenvalue weighted by atomic mass is 16.5. The molecule has 0 radical (unpaired) electrons. The van der Waals surface area contributed by atoms with Crippen LogP contribution in [0.2, 0.25) is 0 Å². The molecular formula is C17H22N2O2. The van der Waals surface area contributed by atoms with Gasteiger partial charge in [-0.05, 0) is 37.1 Å². The summed E-state index contributed by atoms with van der Waals surface area (Å²) < 4.78 is 11.1. The highest BCUT2D eigenvalue weighted by molar-refractivity contribution is 5.50. The minimum Gasteiger partial charge on any atom is -0.490 e. The third-order valence-electron chi connectivity index (χ3n) is 3.10. The Balaban J connectivity index is 2.06. The van der Waals surface area contributed by atoms with Crippen molar-refractivity contribution in [2.24, 2.45) is 0 Å². The van der Waals surface area contributed by atoms with E-state index in [1.165, 1.54) is 11.1 Å². The number of aromatic nitrogens is 1. The number of nitrogens with zero attached hydrogens (tertiary/aromatic N) is 1. The van der Waals surface area contributed by atoms with Gasteiger partial charge in [0.2, 0.25) is 0 Å². The number of hydrogen-bond acceptors (Lipinski definition) is 4. The fraction of sp³-hybridized carbons (Fsp3) is 0.353. The van der Waals surface area contributed by atoms with Crippen molar-refractivity contribution in [3.63, 3.8) is 0 Å². The molecule has 0 bridgehead atoms. The molecule has 112 valence electrons. The summed E-state index contributed by atoms with van der Waals surface area (Å²) in [5.74, 6) is 1.55. The SMILES string of the molecule is CCOCc1ccccc1CNc1ncccc1OCC. The summed E-state index contributed by atoms with van der Waals surface area (Å²) in [5.41, 5.74) is 2.40. The van der Waals surface area contributed by atoms with Crippen molar-refractivity contribution < 1.29 is 9.47 Å². The molecule has 2 rings (SSSR count). The Morgan fingerprint density at radius 2 is 1.81 bits per heavy atom. The van der Waals surface area contributed by atoms with Crippen molar-refractivity contribution in [1.29, 1.82) is 0 Å². The fourth-order valence-electron chi connectivity index (χ4n) is 2.06. The van der Waals surface area contributed by atoms with Crippen LogP contribution in [0.1, 0.15) is 25.0 Å². The Morgan fingerprint density at radius 3 is 2.57 bits per heavy atom. The summed E-state index contributed by atoms with van der Waals surface area (Å²) in [4.78, 5) is 4.34. The first-order chi connectivity index (χ1) is 10.3. The molecule has 0 aliphatic rings. The van der Waals surface area contributed by atoms with Gasteiger partial charge in [0, 0.05) is 19.3 Å². The van der Waals surface area contributed by atoms with Crippen molar-refractivity contribution in [3.8, 4) is 5.75 Å². The molecule has 2 aromatic rings. The molecule has 1 aromatic carbocycles. The van der Waals surface area contributed by atoms with E-state index in [2.05, 4.69) is 22.4 Å². The molecule has 0 amide bonds. The van der Waals surface area contributed by atoms with Crippen LogP contribution in [0.5, 0.6) is 5.75 Å². The largest absolute Gasteiger partial charge is 0.490 e. The smallest absolute Gasteiger partial charge is 0.169 e. The number of benzene rings is 1. The summed E-state index contributed by atoms with van der Waals surface area (Å²) in [6.45, 7) is 6.64. The lowest BCUT2D eigenvalue weighted by atomic mass is 10.1. The Labute approximate surface area is 126 Å². The van der Waals surface area contributed by atoms with Gasteiger partial charge in [-0.15, -0.1) is 0 Å². The second-order valence-electron chi connectivity index (χ2n) is 4.54. The van der Waals surface area contributed by atoms with Crippen LogP contribution >= 0.6 is 0 Å². The van der Waals surface area contributed by atoms with E-state index >= 15 is 0 Å². The summed E-state index contributed by atoms with van der Waals surface area (Å²) in [7, 11) is 0. The predicted molar refractivity (Wildman–Crippen MR) is 84.5 cm³/mol. The van der Waals surface area contributed by atoms with E-state index in [4.69, 9.17) is 9.47 Å². The number of hydrogen-bond donors (Lipinski definition) is 1.